The van der Waals surface area contributed by atoms with Gasteiger partial charge in [-0.2, -0.15) is 5.21 Å². The van der Waals surface area contributed by atoms with Crippen LogP contribution >= 0.6 is 0 Å². The maximum Gasteiger partial charge on any atom is 0.224 e. The number of nitrogens with one attached hydrogen (secondary N) is 3. The number of carbonyl (C=O) groups is 1. The molecule has 1 aromatic heterocycles. The minimum absolute atomic E-state index is 0.0749. The maximum absolute atomic E-state index is 12.0. The Bertz CT molecular complexity index is 589. The highest BCUT2D eigenvalue weighted by Crippen LogP contribution is 2.19. The lowest BCUT2D eigenvalue weighted by molar-refractivity contribution is -0.116. The van der Waals surface area contributed by atoms with Crippen LogP contribution in [0.3, 0.4) is 0 Å². The fraction of sp³-hybridized carbons (Fsp3) is 0.467. The summed E-state index contributed by atoms with van der Waals surface area (Å²) in [4.78, 5) is 12.0. The van der Waals surface area contributed by atoms with Crippen LogP contribution < -0.4 is 10.6 Å². The van der Waals surface area contributed by atoms with Crippen molar-refractivity contribution in [1.29, 1.82) is 0 Å². The molecule has 1 aliphatic rings. The lowest BCUT2D eigenvalue weighted by atomic mass is 9.93. The molecule has 0 saturated carbocycles. The Morgan fingerprint density at radius 1 is 1.23 bits per heavy atom. The molecule has 0 spiro atoms. The monoisotopic (exact) mass is 300 g/mol. The van der Waals surface area contributed by atoms with E-state index in [1.54, 1.807) is 0 Å². The predicted octanol–water partition coefficient (Wildman–Crippen LogP) is 1.58. The Morgan fingerprint density at radius 3 is 2.68 bits per heavy atom. The van der Waals surface area contributed by atoms with Crippen molar-refractivity contribution in [2.75, 3.05) is 18.4 Å². The summed E-state index contributed by atoms with van der Waals surface area (Å²) in [6.07, 6.45) is 3.89. The SMILES string of the molecule is O=C(CCC1CCNCC1)Nc1ccc(-c2nn[nH]n2)cc1. The minimum Gasteiger partial charge on any atom is -0.326 e. The zero-order valence-electron chi connectivity index (χ0n) is 12.4. The maximum atomic E-state index is 12.0. The minimum atomic E-state index is 0.0749. The third-order valence-corrected chi connectivity index (χ3v) is 4.01. The van der Waals surface area contributed by atoms with E-state index in [0.717, 1.165) is 30.8 Å². The highest BCUT2D eigenvalue weighted by Gasteiger charge is 2.14. The van der Waals surface area contributed by atoms with Crippen molar-refractivity contribution >= 4 is 11.6 Å². The molecule has 2 heterocycles. The van der Waals surface area contributed by atoms with Gasteiger partial charge in [-0.1, -0.05) is 0 Å². The fourth-order valence-electron chi connectivity index (χ4n) is 2.72. The third-order valence-electron chi connectivity index (χ3n) is 4.01. The highest BCUT2D eigenvalue weighted by atomic mass is 16.1. The van der Waals surface area contributed by atoms with Crippen molar-refractivity contribution in [3.05, 3.63) is 24.3 Å². The molecule has 7 heteroatoms. The summed E-state index contributed by atoms with van der Waals surface area (Å²) in [7, 11) is 0. The molecular formula is C15H20N6O. The number of carbonyl (C=O) groups excluding carboxylic acids is 1. The molecule has 1 aliphatic heterocycles. The second-order valence-corrected chi connectivity index (χ2v) is 5.59. The first-order chi connectivity index (χ1) is 10.8. The number of tetrazole rings is 1. The van der Waals surface area contributed by atoms with Gasteiger partial charge in [0, 0.05) is 17.7 Å². The molecule has 2 aromatic rings. The molecule has 22 heavy (non-hydrogen) atoms. The number of aromatic nitrogens is 4. The summed E-state index contributed by atoms with van der Waals surface area (Å²) in [6.45, 7) is 2.15. The summed E-state index contributed by atoms with van der Waals surface area (Å²) in [5, 5.41) is 20.1. The molecule has 0 atom stereocenters. The number of amides is 1. The van der Waals surface area contributed by atoms with Crippen molar-refractivity contribution in [3.63, 3.8) is 0 Å². The summed E-state index contributed by atoms with van der Waals surface area (Å²) in [6, 6.07) is 7.45. The van der Waals surface area contributed by atoms with E-state index in [1.165, 1.54) is 12.8 Å². The lowest BCUT2D eigenvalue weighted by Crippen LogP contribution is -2.28. The number of benzene rings is 1. The molecule has 0 unspecified atom stereocenters. The number of aromatic amines is 1. The van der Waals surface area contributed by atoms with Crippen LogP contribution in [0, 0.1) is 5.92 Å². The van der Waals surface area contributed by atoms with Gasteiger partial charge in [0.05, 0.1) is 0 Å². The van der Waals surface area contributed by atoms with Crippen LogP contribution in [0.25, 0.3) is 11.4 Å². The molecule has 1 fully saturated rings. The quantitative estimate of drug-likeness (QED) is 0.779. The third kappa shape index (κ3) is 3.88. The van der Waals surface area contributed by atoms with Crippen LogP contribution in [0.4, 0.5) is 5.69 Å². The first kappa shape index (κ1) is 14.6. The second-order valence-electron chi connectivity index (χ2n) is 5.59. The van der Waals surface area contributed by atoms with Crippen LogP contribution in [0.5, 0.6) is 0 Å². The van der Waals surface area contributed by atoms with Crippen LogP contribution in [-0.4, -0.2) is 39.6 Å². The van der Waals surface area contributed by atoms with Crippen molar-refractivity contribution in [3.8, 4) is 11.4 Å². The number of nitrogens with zero attached hydrogens (tertiary/aromatic N) is 3. The Hall–Kier alpha value is -2.28. The van der Waals surface area contributed by atoms with Gasteiger partial charge in [0.1, 0.15) is 0 Å². The van der Waals surface area contributed by atoms with Crippen LogP contribution in [0.1, 0.15) is 25.7 Å². The van der Waals surface area contributed by atoms with E-state index in [9.17, 15) is 4.79 Å². The Kier molecular flexibility index (Phi) is 4.75. The van der Waals surface area contributed by atoms with E-state index >= 15 is 0 Å². The van der Waals surface area contributed by atoms with E-state index in [2.05, 4.69) is 31.3 Å². The van der Waals surface area contributed by atoms with Gasteiger partial charge < -0.3 is 10.6 Å². The Labute approximate surface area is 128 Å². The topological polar surface area (TPSA) is 95.6 Å². The van der Waals surface area contributed by atoms with Gasteiger partial charge in [-0.25, -0.2) is 0 Å². The average molecular weight is 300 g/mol. The number of anilines is 1. The van der Waals surface area contributed by atoms with E-state index in [1.807, 2.05) is 24.3 Å². The van der Waals surface area contributed by atoms with Gasteiger partial charge in [-0.3, -0.25) is 4.79 Å². The van der Waals surface area contributed by atoms with Crippen molar-refractivity contribution in [2.24, 2.45) is 5.92 Å². The fourth-order valence-corrected chi connectivity index (χ4v) is 2.72. The van der Waals surface area contributed by atoms with Gasteiger partial charge in [0.15, 0.2) is 0 Å². The summed E-state index contributed by atoms with van der Waals surface area (Å²) < 4.78 is 0. The molecule has 0 bridgehead atoms. The Morgan fingerprint density at radius 2 is 2.00 bits per heavy atom. The van der Waals surface area contributed by atoms with Gasteiger partial charge >= 0.3 is 0 Å². The van der Waals surface area contributed by atoms with E-state index in [0.29, 0.717) is 18.2 Å². The van der Waals surface area contributed by atoms with E-state index < -0.39 is 0 Å². The first-order valence-corrected chi connectivity index (χ1v) is 7.66. The number of hydrogen-bond acceptors (Lipinski definition) is 5. The summed E-state index contributed by atoms with van der Waals surface area (Å²) in [5.41, 5.74) is 1.66. The zero-order valence-corrected chi connectivity index (χ0v) is 12.4. The molecule has 1 amide bonds. The molecule has 7 nitrogen and oxygen atoms in total. The molecule has 0 aliphatic carbocycles. The first-order valence-electron chi connectivity index (χ1n) is 7.66. The molecule has 0 radical (unpaired) electrons. The standard InChI is InChI=1S/C15H20N6O/c22-14(6-1-11-7-9-16-10-8-11)17-13-4-2-12(3-5-13)15-18-20-21-19-15/h2-5,11,16H,1,6-10H2,(H,17,22)(H,18,19,20,21). The molecule has 3 N–H and O–H groups in total. The molecule has 1 saturated heterocycles. The van der Waals surface area contributed by atoms with Crippen LogP contribution in [0.15, 0.2) is 24.3 Å². The van der Waals surface area contributed by atoms with Gasteiger partial charge in [0.25, 0.3) is 0 Å². The predicted molar refractivity (Wildman–Crippen MR) is 83.1 cm³/mol. The van der Waals surface area contributed by atoms with Crippen molar-refractivity contribution < 1.29 is 4.79 Å². The van der Waals surface area contributed by atoms with Crippen molar-refractivity contribution in [2.45, 2.75) is 25.7 Å². The zero-order chi connectivity index (χ0) is 15.2. The molecule has 3 rings (SSSR count). The van der Waals surface area contributed by atoms with Crippen LogP contribution in [-0.2, 0) is 4.79 Å². The largest absolute Gasteiger partial charge is 0.326 e. The molecular weight excluding hydrogens is 280 g/mol. The average Bonchev–Trinajstić information content (AvgIpc) is 3.09. The van der Waals surface area contributed by atoms with Gasteiger partial charge in [-0.15, -0.1) is 10.2 Å². The number of H-pyrrole nitrogens is 1. The van der Waals surface area contributed by atoms with Crippen LogP contribution in [0.2, 0.25) is 0 Å². The number of piperidine rings is 1. The number of rotatable bonds is 5. The smallest absolute Gasteiger partial charge is 0.224 e. The van der Waals surface area contributed by atoms with E-state index in [-0.39, 0.29) is 5.91 Å². The number of hydrogen-bond donors (Lipinski definition) is 3. The Balaban J connectivity index is 1.48. The van der Waals surface area contributed by atoms with Gasteiger partial charge in [-0.05, 0) is 67.7 Å². The molecule has 1 aromatic carbocycles. The summed E-state index contributed by atoms with van der Waals surface area (Å²) >= 11 is 0. The molecule has 116 valence electrons. The second kappa shape index (κ2) is 7.13. The highest BCUT2D eigenvalue weighted by molar-refractivity contribution is 5.90. The van der Waals surface area contributed by atoms with Gasteiger partial charge in [0.2, 0.25) is 11.7 Å². The van der Waals surface area contributed by atoms with E-state index in [4.69, 9.17) is 0 Å². The van der Waals surface area contributed by atoms with Crippen molar-refractivity contribution in [1.82, 2.24) is 25.9 Å². The lowest BCUT2D eigenvalue weighted by Gasteiger charge is -2.22. The normalized spacial score (nSPS) is 15.6. The summed E-state index contributed by atoms with van der Waals surface area (Å²) in [5.74, 6) is 1.29.